The van der Waals surface area contributed by atoms with E-state index in [1.165, 1.54) is 12.1 Å². The van der Waals surface area contributed by atoms with Crippen LogP contribution in [-0.2, 0) is 4.74 Å². The third kappa shape index (κ3) is 3.22. The highest BCUT2D eigenvalue weighted by Gasteiger charge is 2.33. The van der Waals surface area contributed by atoms with E-state index in [0.717, 1.165) is 19.4 Å². The molecule has 1 aliphatic heterocycles. The Morgan fingerprint density at radius 1 is 1.58 bits per heavy atom. The maximum atomic E-state index is 13.1. The monoisotopic (exact) mass is 263 g/mol. The number of anilines is 1. The zero-order chi connectivity index (χ0) is 13.7. The predicted molar refractivity (Wildman–Crippen MR) is 71.4 cm³/mol. The van der Waals surface area contributed by atoms with Crippen molar-refractivity contribution in [1.82, 2.24) is 5.32 Å². The third-order valence-corrected chi connectivity index (χ3v) is 3.47. The molecular weight excluding hydrogens is 245 g/mol. The third-order valence-electron chi connectivity index (χ3n) is 3.47. The molecule has 1 aromatic carbocycles. The molecule has 0 aromatic heterocycles. The van der Waals surface area contributed by atoms with Gasteiger partial charge >= 0.3 is 0 Å². The Morgan fingerprint density at radius 2 is 2.42 bits per heavy atom. The number of ether oxygens (including phenoxy) is 1. The van der Waals surface area contributed by atoms with Crippen LogP contribution in [0.4, 0.5) is 10.1 Å². The second-order valence-electron chi connectivity index (χ2n) is 4.90. The van der Waals surface area contributed by atoms with E-state index in [9.17, 15) is 4.39 Å². The van der Waals surface area contributed by atoms with Gasteiger partial charge in [0.2, 0.25) is 0 Å². The molecule has 0 bridgehead atoms. The van der Waals surface area contributed by atoms with Crippen LogP contribution >= 0.6 is 0 Å². The van der Waals surface area contributed by atoms with E-state index in [2.05, 4.69) is 10.6 Å². The first kappa shape index (κ1) is 13.8. The molecule has 102 valence electrons. The van der Waals surface area contributed by atoms with E-state index < -0.39 is 5.82 Å². The van der Waals surface area contributed by atoms with Crippen LogP contribution in [0.1, 0.15) is 18.4 Å². The molecular formula is C14H18FN3O. The number of methoxy groups -OCH3 is 1. The molecule has 1 saturated heterocycles. The highest BCUT2D eigenvalue weighted by Crippen LogP contribution is 2.22. The molecule has 0 radical (unpaired) electrons. The van der Waals surface area contributed by atoms with Gasteiger partial charge in [0.15, 0.2) is 0 Å². The molecule has 1 aromatic rings. The van der Waals surface area contributed by atoms with Gasteiger partial charge in [-0.15, -0.1) is 0 Å². The van der Waals surface area contributed by atoms with Gasteiger partial charge in [0, 0.05) is 13.7 Å². The van der Waals surface area contributed by atoms with Crippen molar-refractivity contribution in [3.8, 4) is 6.07 Å². The van der Waals surface area contributed by atoms with Gasteiger partial charge < -0.3 is 15.4 Å². The zero-order valence-electron chi connectivity index (χ0n) is 11.0. The van der Waals surface area contributed by atoms with E-state index in [0.29, 0.717) is 24.4 Å². The van der Waals surface area contributed by atoms with E-state index in [4.69, 9.17) is 10.00 Å². The van der Waals surface area contributed by atoms with Gasteiger partial charge in [0.05, 0.1) is 23.4 Å². The van der Waals surface area contributed by atoms with Crippen molar-refractivity contribution >= 4 is 5.69 Å². The molecule has 0 spiro atoms. The van der Waals surface area contributed by atoms with Gasteiger partial charge in [0.1, 0.15) is 11.9 Å². The molecule has 1 unspecified atom stereocenters. The van der Waals surface area contributed by atoms with Crippen molar-refractivity contribution in [3.05, 3.63) is 29.6 Å². The molecule has 1 fully saturated rings. The van der Waals surface area contributed by atoms with Gasteiger partial charge in [-0.3, -0.25) is 0 Å². The van der Waals surface area contributed by atoms with Crippen LogP contribution < -0.4 is 10.6 Å². The zero-order valence-corrected chi connectivity index (χ0v) is 11.0. The SMILES string of the molecule is COCC1(CNc2ccc(F)cc2C#N)CCCN1. The largest absolute Gasteiger partial charge is 0.383 e. The summed E-state index contributed by atoms with van der Waals surface area (Å²) in [6, 6.07) is 6.20. The lowest BCUT2D eigenvalue weighted by atomic mass is 9.98. The molecule has 19 heavy (non-hydrogen) atoms. The highest BCUT2D eigenvalue weighted by atomic mass is 19.1. The normalized spacial score (nSPS) is 22.2. The van der Waals surface area contributed by atoms with Crippen molar-refractivity contribution in [2.24, 2.45) is 0 Å². The number of rotatable bonds is 5. The summed E-state index contributed by atoms with van der Waals surface area (Å²) in [6.45, 7) is 2.24. The first-order valence-corrected chi connectivity index (χ1v) is 6.37. The van der Waals surface area contributed by atoms with Crippen LogP contribution in [0.3, 0.4) is 0 Å². The summed E-state index contributed by atoms with van der Waals surface area (Å²) in [4.78, 5) is 0. The fourth-order valence-electron chi connectivity index (χ4n) is 2.50. The summed E-state index contributed by atoms with van der Waals surface area (Å²) in [7, 11) is 1.68. The fraction of sp³-hybridized carbons (Fsp3) is 0.500. The number of hydrogen-bond donors (Lipinski definition) is 2. The van der Waals surface area contributed by atoms with Crippen LogP contribution in [0.15, 0.2) is 18.2 Å². The smallest absolute Gasteiger partial charge is 0.124 e. The van der Waals surface area contributed by atoms with Crippen molar-refractivity contribution in [3.63, 3.8) is 0 Å². The van der Waals surface area contributed by atoms with Gasteiger partial charge in [-0.25, -0.2) is 4.39 Å². The lowest BCUT2D eigenvalue weighted by Gasteiger charge is -2.29. The maximum Gasteiger partial charge on any atom is 0.124 e. The summed E-state index contributed by atoms with van der Waals surface area (Å²) in [5.41, 5.74) is 0.884. The number of nitrogens with zero attached hydrogens (tertiary/aromatic N) is 1. The average molecular weight is 263 g/mol. The Morgan fingerprint density at radius 3 is 3.05 bits per heavy atom. The van der Waals surface area contributed by atoms with Crippen LogP contribution in [0.5, 0.6) is 0 Å². The quantitative estimate of drug-likeness (QED) is 0.851. The molecule has 1 atom stereocenters. The van der Waals surface area contributed by atoms with Gasteiger partial charge in [-0.1, -0.05) is 0 Å². The minimum absolute atomic E-state index is 0.101. The lowest BCUT2D eigenvalue weighted by Crippen LogP contribution is -2.49. The average Bonchev–Trinajstić information content (AvgIpc) is 2.86. The molecule has 4 nitrogen and oxygen atoms in total. The summed E-state index contributed by atoms with van der Waals surface area (Å²) >= 11 is 0. The summed E-state index contributed by atoms with van der Waals surface area (Å²) < 4.78 is 18.3. The number of nitriles is 1. The Hall–Kier alpha value is -1.64. The summed E-state index contributed by atoms with van der Waals surface area (Å²) in [5, 5.41) is 15.7. The summed E-state index contributed by atoms with van der Waals surface area (Å²) in [5.74, 6) is -0.396. The van der Waals surface area contributed by atoms with E-state index in [1.807, 2.05) is 6.07 Å². The lowest BCUT2D eigenvalue weighted by molar-refractivity contribution is 0.127. The van der Waals surface area contributed by atoms with Gasteiger partial charge in [-0.2, -0.15) is 5.26 Å². The maximum absolute atomic E-state index is 13.1. The number of nitrogens with one attached hydrogen (secondary N) is 2. The first-order valence-electron chi connectivity index (χ1n) is 6.37. The molecule has 2 rings (SSSR count). The Balaban J connectivity index is 2.07. The second kappa shape index (κ2) is 6.00. The molecule has 1 heterocycles. The van der Waals surface area contributed by atoms with Crippen molar-refractivity contribution < 1.29 is 9.13 Å². The van der Waals surface area contributed by atoms with Crippen LogP contribution in [0.2, 0.25) is 0 Å². The van der Waals surface area contributed by atoms with Gasteiger partial charge in [-0.05, 0) is 37.6 Å². The van der Waals surface area contributed by atoms with E-state index in [1.54, 1.807) is 13.2 Å². The molecule has 0 aliphatic carbocycles. The minimum atomic E-state index is -0.396. The molecule has 5 heteroatoms. The Kier molecular flexibility index (Phi) is 4.35. The van der Waals surface area contributed by atoms with Crippen LogP contribution in [0, 0.1) is 17.1 Å². The summed E-state index contributed by atoms with van der Waals surface area (Å²) in [6.07, 6.45) is 2.14. The van der Waals surface area contributed by atoms with E-state index >= 15 is 0 Å². The van der Waals surface area contributed by atoms with E-state index in [-0.39, 0.29) is 5.54 Å². The van der Waals surface area contributed by atoms with Crippen LogP contribution in [0.25, 0.3) is 0 Å². The molecule has 0 saturated carbocycles. The highest BCUT2D eigenvalue weighted by molar-refractivity contribution is 5.57. The van der Waals surface area contributed by atoms with Crippen LogP contribution in [-0.4, -0.2) is 32.3 Å². The fourth-order valence-corrected chi connectivity index (χ4v) is 2.50. The predicted octanol–water partition coefficient (Wildman–Crippen LogP) is 1.88. The van der Waals surface area contributed by atoms with Crippen molar-refractivity contribution in [2.45, 2.75) is 18.4 Å². The Bertz CT molecular complexity index is 478. The standard InChI is InChI=1S/C14H18FN3O/c1-19-10-14(5-2-6-18-14)9-17-13-4-3-12(15)7-11(13)8-16/h3-4,7,17-18H,2,5-6,9-10H2,1H3. The van der Waals surface area contributed by atoms with Crippen molar-refractivity contribution in [2.75, 3.05) is 32.1 Å². The first-order chi connectivity index (χ1) is 9.19. The number of halogens is 1. The molecule has 0 amide bonds. The molecule has 2 N–H and O–H groups in total. The van der Waals surface area contributed by atoms with Crippen molar-refractivity contribution in [1.29, 1.82) is 5.26 Å². The number of hydrogen-bond acceptors (Lipinski definition) is 4. The number of benzene rings is 1. The minimum Gasteiger partial charge on any atom is -0.383 e. The molecule has 1 aliphatic rings. The Labute approximate surface area is 112 Å². The topological polar surface area (TPSA) is 57.1 Å². The van der Waals surface area contributed by atoms with Gasteiger partial charge in [0.25, 0.3) is 0 Å². The second-order valence-corrected chi connectivity index (χ2v) is 4.90.